The van der Waals surface area contributed by atoms with Crippen molar-refractivity contribution < 1.29 is 9.90 Å². The highest BCUT2D eigenvalue weighted by atomic mass is 16.4. The minimum Gasteiger partial charge on any atom is -0.481 e. The first-order valence-electron chi connectivity index (χ1n) is 14.9. The van der Waals surface area contributed by atoms with E-state index in [-0.39, 0.29) is 0 Å². The van der Waals surface area contributed by atoms with Crippen LogP contribution in [0.2, 0.25) is 0 Å². The first kappa shape index (κ1) is 33.9. The van der Waals surface area contributed by atoms with Gasteiger partial charge >= 0.3 is 5.97 Å². The second-order valence-electron chi connectivity index (χ2n) is 9.62. The van der Waals surface area contributed by atoms with E-state index < -0.39 is 5.97 Å². The Bertz CT molecular complexity index is 634. The zero-order valence-corrected chi connectivity index (χ0v) is 23.4. The van der Waals surface area contributed by atoms with Gasteiger partial charge < -0.3 is 5.11 Å². The average Bonchev–Trinajstić information content (AvgIpc) is 2.87. The molecule has 0 aromatic heterocycles. The molecule has 36 heavy (non-hydrogen) atoms. The summed E-state index contributed by atoms with van der Waals surface area (Å²) in [6, 6.07) is 0. The van der Waals surface area contributed by atoms with E-state index in [0.29, 0.717) is 6.42 Å². The molecule has 0 aliphatic carbocycles. The van der Waals surface area contributed by atoms with Crippen molar-refractivity contribution in [3.63, 3.8) is 0 Å². The van der Waals surface area contributed by atoms with Crippen LogP contribution in [0.1, 0.15) is 135 Å². The lowest BCUT2D eigenvalue weighted by Crippen LogP contribution is -1.93. The molecule has 0 bridgehead atoms. The van der Waals surface area contributed by atoms with E-state index in [1.807, 2.05) is 0 Å². The van der Waals surface area contributed by atoms with Crippen molar-refractivity contribution in [1.29, 1.82) is 0 Å². The zero-order valence-electron chi connectivity index (χ0n) is 23.4. The van der Waals surface area contributed by atoms with E-state index in [9.17, 15) is 4.79 Å². The quantitative estimate of drug-likeness (QED) is 0.0734. The van der Waals surface area contributed by atoms with Crippen molar-refractivity contribution in [1.82, 2.24) is 0 Å². The first-order valence-corrected chi connectivity index (χ1v) is 14.9. The minimum absolute atomic E-state index is 0.335. The summed E-state index contributed by atoms with van der Waals surface area (Å²) in [7, 11) is 0. The van der Waals surface area contributed by atoms with Crippen molar-refractivity contribution in [3.8, 4) is 0 Å². The average molecular weight is 497 g/mol. The Labute approximate surface area is 224 Å². The molecule has 0 heterocycles. The smallest absolute Gasteiger partial charge is 0.303 e. The van der Waals surface area contributed by atoms with Crippen LogP contribution in [-0.2, 0) is 4.79 Å². The number of rotatable bonds is 26. The predicted octanol–water partition coefficient (Wildman–Crippen LogP) is 11.2. The van der Waals surface area contributed by atoms with E-state index in [2.05, 4.69) is 79.8 Å². The van der Waals surface area contributed by atoms with E-state index in [1.54, 1.807) is 0 Å². The molecule has 0 spiro atoms. The van der Waals surface area contributed by atoms with Crippen LogP contribution < -0.4 is 0 Å². The molecule has 0 aromatic rings. The van der Waals surface area contributed by atoms with Crippen molar-refractivity contribution in [3.05, 3.63) is 72.9 Å². The SMILES string of the molecule is CC/C=C/C=C/C/C=C/C/C=C/C/C=C/C/C=C/CCCCCCCCCCCCCCCC(=O)O. The Hall–Kier alpha value is -2.09. The molecule has 0 saturated carbocycles. The summed E-state index contributed by atoms with van der Waals surface area (Å²) in [5, 5.41) is 8.61. The summed E-state index contributed by atoms with van der Waals surface area (Å²) in [4.78, 5) is 10.5. The normalized spacial score (nSPS) is 12.7. The molecule has 0 radical (unpaired) electrons. The molecule has 0 rings (SSSR count). The summed E-state index contributed by atoms with van der Waals surface area (Å²) >= 11 is 0. The number of carboxylic acid groups (broad SMARTS) is 1. The number of unbranched alkanes of at least 4 members (excludes halogenated alkanes) is 13. The summed E-state index contributed by atoms with van der Waals surface area (Å²) in [6.45, 7) is 2.15. The van der Waals surface area contributed by atoms with Gasteiger partial charge in [0.25, 0.3) is 0 Å². The van der Waals surface area contributed by atoms with E-state index in [1.165, 1.54) is 77.0 Å². The Kier molecular flexibility index (Phi) is 29.1. The third-order valence-electron chi connectivity index (χ3n) is 6.14. The molecule has 2 heteroatoms. The molecule has 0 amide bonds. The van der Waals surface area contributed by atoms with Crippen LogP contribution in [0.25, 0.3) is 0 Å². The number of carboxylic acids is 1. The molecule has 0 aliphatic heterocycles. The van der Waals surface area contributed by atoms with Gasteiger partial charge in [-0.25, -0.2) is 0 Å². The molecule has 0 unspecified atom stereocenters. The molecule has 0 atom stereocenters. The van der Waals surface area contributed by atoms with Gasteiger partial charge in [0.1, 0.15) is 0 Å². The predicted molar refractivity (Wildman–Crippen MR) is 160 cm³/mol. The highest BCUT2D eigenvalue weighted by Gasteiger charge is 1.97. The van der Waals surface area contributed by atoms with Crippen molar-refractivity contribution in [2.75, 3.05) is 0 Å². The van der Waals surface area contributed by atoms with E-state index in [4.69, 9.17) is 5.11 Å². The van der Waals surface area contributed by atoms with Crippen LogP contribution in [0, 0.1) is 0 Å². The van der Waals surface area contributed by atoms with Crippen molar-refractivity contribution in [2.45, 2.75) is 135 Å². The van der Waals surface area contributed by atoms with Gasteiger partial charge in [-0.15, -0.1) is 0 Å². The maximum atomic E-state index is 10.5. The largest absolute Gasteiger partial charge is 0.481 e. The number of carbonyl (C=O) groups is 1. The maximum absolute atomic E-state index is 10.5. The van der Waals surface area contributed by atoms with Gasteiger partial charge in [0, 0.05) is 6.42 Å². The second kappa shape index (κ2) is 30.9. The van der Waals surface area contributed by atoms with Crippen molar-refractivity contribution in [2.24, 2.45) is 0 Å². The van der Waals surface area contributed by atoms with Crippen LogP contribution in [0.5, 0.6) is 0 Å². The van der Waals surface area contributed by atoms with Gasteiger partial charge in [0.15, 0.2) is 0 Å². The van der Waals surface area contributed by atoms with Gasteiger partial charge in [-0.05, 0) is 51.4 Å². The summed E-state index contributed by atoms with van der Waals surface area (Å²) in [6.07, 6.45) is 50.1. The maximum Gasteiger partial charge on any atom is 0.303 e. The fraction of sp³-hybridized carbons (Fsp3) is 0.618. The van der Waals surface area contributed by atoms with Crippen LogP contribution in [0.3, 0.4) is 0 Å². The monoisotopic (exact) mass is 496 g/mol. The van der Waals surface area contributed by atoms with Crippen LogP contribution in [0.4, 0.5) is 0 Å². The lowest BCUT2D eigenvalue weighted by molar-refractivity contribution is -0.137. The fourth-order valence-electron chi connectivity index (χ4n) is 3.96. The number of hydrogen-bond acceptors (Lipinski definition) is 1. The third-order valence-corrected chi connectivity index (χ3v) is 6.14. The number of allylic oxidation sites excluding steroid dienone is 12. The van der Waals surface area contributed by atoms with Gasteiger partial charge in [0.2, 0.25) is 0 Å². The number of aliphatic carboxylic acids is 1. The lowest BCUT2D eigenvalue weighted by Gasteiger charge is -2.03. The molecule has 0 aromatic carbocycles. The fourth-order valence-corrected chi connectivity index (χ4v) is 3.96. The first-order chi connectivity index (χ1) is 17.8. The van der Waals surface area contributed by atoms with Gasteiger partial charge in [-0.3, -0.25) is 4.79 Å². The Morgan fingerprint density at radius 1 is 0.472 bits per heavy atom. The Morgan fingerprint density at radius 2 is 0.833 bits per heavy atom. The van der Waals surface area contributed by atoms with Crippen LogP contribution >= 0.6 is 0 Å². The molecule has 1 N–H and O–H groups in total. The molecule has 0 fully saturated rings. The summed E-state index contributed by atoms with van der Waals surface area (Å²) in [5.41, 5.74) is 0. The lowest BCUT2D eigenvalue weighted by atomic mass is 10.0. The van der Waals surface area contributed by atoms with Gasteiger partial charge in [-0.1, -0.05) is 150 Å². The Balaban J connectivity index is 3.31. The molecule has 2 nitrogen and oxygen atoms in total. The number of hydrogen-bond donors (Lipinski definition) is 1. The third kappa shape index (κ3) is 31.9. The Morgan fingerprint density at radius 3 is 1.28 bits per heavy atom. The second-order valence-corrected chi connectivity index (χ2v) is 9.62. The molecular weight excluding hydrogens is 440 g/mol. The molecule has 0 aliphatic rings. The summed E-state index contributed by atoms with van der Waals surface area (Å²) < 4.78 is 0. The highest BCUT2D eigenvalue weighted by Crippen LogP contribution is 2.13. The minimum atomic E-state index is -0.659. The van der Waals surface area contributed by atoms with Crippen molar-refractivity contribution >= 4 is 5.97 Å². The highest BCUT2D eigenvalue weighted by molar-refractivity contribution is 5.66. The molecule has 0 saturated heterocycles. The van der Waals surface area contributed by atoms with Crippen LogP contribution in [-0.4, -0.2) is 11.1 Å². The molecular formula is C34H56O2. The van der Waals surface area contributed by atoms with Gasteiger partial charge in [0.05, 0.1) is 0 Å². The topological polar surface area (TPSA) is 37.3 Å². The molecule has 204 valence electrons. The van der Waals surface area contributed by atoms with E-state index in [0.717, 1.165) is 44.9 Å². The van der Waals surface area contributed by atoms with Gasteiger partial charge in [-0.2, -0.15) is 0 Å². The van der Waals surface area contributed by atoms with Crippen LogP contribution in [0.15, 0.2) is 72.9 Å². The van der Waals surface area contributed by atoms with E-state index >= 15 is 0 Å². The zero-order chi connectivity index (χ0) is 26.2. The summed E-state index contributed by atoms with van der Waals surface area (Å²) in [5.74, 6) is -0.659. The standard InChI is InChI=1S/C34H56O2/c1-2-3-4-5-6-7-8-9-10-11-12-13-14-15-16-17-18-19-20-21-22-23-24-25-26-27-28-29-30-31-32-33-34(35)36/h3-6,8-9,11-12,14-15,17-18H,2,7,10,13,16,19-33H2,1H3,(H,35,36)/b4-3+,6-5+,9-8+,12-11+,15-14+,18-17+.